The third kappa shape index (κ3) is 5.40. The molecule has 0 heterocycles. The number of halogens is 1. The molecule has 0 aromatic heterocycles. The van der Waals surface area contributed by atoms with Gasteiger partial charge in [0.2, 0.25) is 5.91 Å². The zero-order valence-electron chi connectivity index (χ0n) is 12.8. The molecule has 0 bridgehead atoms. The standard InChI is InChI=1S/C16H13ClN4O4/c17-9-15(22)19-13-5-3-12(4-6-13)16(23)20-18-10-11-1-7-14(8-2-11)21(24)25/h1-8,10H,9H2,(H,19,22)(H,20,23)/b18-10+. The van der Waals surface area contributed by atoms with Gasteiger partial charge in [0.05, 0.1) is 11.1 Å². The van der Waals surface area contributed by atoms with Crippen molar-refractivity contribution in [3.63, 3.8) is 0 Å². The van der Waals surface area contributed by atoms with Gasteiger partial charge in [-0.1, -0.05) is 0 Å². The van der Waals surface area contributed by atoms with Crippen molar-refractivity contribution in [1.29, 1.82) is 0 Å². The Balaban J connectivity index is 1.93. The van der Waals surface area contributed by atoms with Crippen LogP contribution in [-0.4, -0.2) is 28.8 Å². The van der Waals surface area contributed by atoms with Gasteiger partial charge >= 0.3 is 0 Å². The Morgan fingerprint density at radius 3 is 2.32 bits per heavy atom. The summed E-state index contributed by atoms with van der Waals surface area (Å²) in [5, 5.41) is 16.9. The van der Waals surface area contributed by atoms with E-state index in [0.29, 0.717) is 16.8 Å². The maximum Gasteiger partial charge on any atom is 0.271 e. The first kappa shape index (κ1) is 18.1. The number of non-ortho nitro benzene ring substituents is 1. The van der Waals surface area contributed by atoms with Gasteiger partial charge in [0.15, 0.2) is 0 Å². The van der Waals surface area contributed by atoms with Gasteiger partial charge in [0.25, 0.3) is 11.6 Å². The van der Waals surface area contributed by atoms with Crippen LogP contribution in [0.3, 0.4) is 0 Å². The molecule has 0 aliphatic heterocycles. The third-order valence-electron chi connectivity index (χ3n) is 3.04. The summed E-state index contributed by atoms with van der Waals surface area (Å²) in [5.74, 6) is -0.931. The van der Waals surface area contributed by atoms with E-state index in [0.717, 1.165) is 0 Å². The quantitative estimate of drug-likeness (QED) is 0.356. The first-order chi connectivity index (χ1) is 12.0. The van der Waals surface area contributed by atoms with Gasteiger partial charge in [-0.25, -0.2) is 5.43 Å². The fourth-order valence-corrected chi connectivity index (χ4v) is 1.88. The predicted octanol–water partition coefficient (Wildman–Crippen LogP) is 2.54. The monoisotopic (exact) mass is 360 g/mol. The molecule has 2 aromatic carbocycles. The zero-order valence-corrected chi connectivity index (χ0v) is 13.6. The van der Waals surface area contributed by atoms with Crippen molar-refractivity contribution >= 4 is 41.0 Å². The number of carbonyl (C=O) groups excluding carboxylic acids is 2. The van der Waals surface area contributed by atoms with Crippen molar-refractivity contribution in [3.8, 4) is 0 Å². The number of hydrazone groups is 1. The summed E-state index contributed by atoms with van der Waals surface area (Å²) in [6, 6.07) is 11.9. The Bertz CT molecular complexity index is 804. The fourth-order valence-electron chi connectivity index (χ4n) is 1.81. The number of alkyl halides is 1. The second kappa shape index (κ2) is 8.55. The van der Waals surface area contributed by atoms with Gasteiger partial charge in [-0.05, 0) is 42.0 Å². The molecule has 0 unspecified atom stereocenters. The highest BCUT2D eigenvalue weighted by Crippen LogP contribution is 2.11. The Morgan fingerprint density at radius 1 is 1.12 bits per heavy atom. The average molecular weight is 361 g/mol. The number of benzene rings is 2. The van der Waals surface area contributed by atoms with Crippen LogP contribution in [0.1, 0.15) is 15.9 Å². The average Bonchev–Trinajstić information content (AvgIpc) is 2.62. The molecule has 0 fully saturated rings. The molecule has 0 saturated heterocycles. The smallest absolute Gasteiger partial charge is 0.271 e. The molecule has 0 aliphatic rings. The minimum atomic E-state index is -0.498. The lowest BCUT2D eigenvalue weighted by atomic mass is 10.2. The lowest BCUT2D eigenvalue weighted by Crippen LogP contribution is -2.18. The number of amides is 2. The largest absolute Gasteiger partial charge is 0.325 e. The highest BCUT2D eigenvalue weighted by molar-refractivity contribution is 6.29. The molecule has 8 nitrogen and oxygen atoms in total. The van der Waals surface area contributed by atoms with E-state index in [9.17, 15) is 19.7 Å². The fraction of sp³-hybridized carbons (Fsp3) is 0.0625. The molecule has 2 amide bonds. The molecule has 0 radical (unpaired) electrons. The van der Waals surface area contributed by atoms with E-state index in [4.69, 9.17) is 11.6 Å². The lowest BCUT2D eigenvalue weighted by molar-refractivity contribution is -0.384. The number of anilines is 1. The SMILES string of the molecule is O=C(CCl)Nc1ccc(C(=O)N/N=C/c2ccc([N+](=O)[O-])cc2)cc1. The number of nitrogens with zero attached hydrogens (tertiary/aromatic N) is 2. The van der Waals surface area contributed by atoms with Crippen LogP contribution in [0.2, 0.25) is 0 Å². The Hall–Kier alpha value is -3.26. The maximum atomic E-state index is 11.9. The molecule has 0 saturated carbocycles. The minimum Gasteiger partial charge on any atom is -0.325 e. The summed E-state index contributed by atoms with van der Waals surface area (Å²) in [4.78, 5) is 33.2. The first-order valence-electron chi connectivity index (χ1n) is 7.03. The number of nitro benzene ring substituents is 1. The Morgan fingerprint density at radius 2 is 1.76 bits per heavy atom. The van der Waals surface area contributed by atoms with E-state index in [1.54, 1.807) is 12.1 Å². The van der Waals surface area contributed by atoms with Crippen molar-refractivity contribution in [3.05, 3.63) is 69.8 Å². The van der Waals surface area contributed by atoms with Crippen molar-refractivity contribution in [1.82, 2.24) is 5.43 Å². The number of carbonyl (C=O) groups is 2. The van der Waals surface area contributed by atoms with Crippen molar-refractivity contribution in [2.24, 2.45) is 5.10 Å². The van der Waals surface area contributed by atoms with Crippen LogP contribution in [0.5, 0.6) is 0 Å². The third-order valence-corrected chi connectivity index (χ3v) is 3.28. The van der Waals surface area contributed by atoms with Gasteiger partial charge in [0, 0.05) is 23.4 Å². The van der Waals surface area contributed by atoms with E-state index in [2.05, 4.69) is 15.8 Å². The normalized spacial score (nSPS) is 10.4. The Labute approximate surface area is 147 Å². The summed E-state index contributed by atoms with van der Waals surface area (Å²) in [5.41, 5.74) is 3.80. The molecular weight excluding hydrogens is 348 g/mol. The lowest BCUT2D eigenvalue weighted by Gasteiger charge is -2.04. The van der Waals surface area contributed by atoms with E-state index < -0.39 is 10.8 Å². The van der Waals surface area contributed by atoms with Crippen LogP contribution in [0.25, 0.3) is 0 Å². The minimum absolute atomic E-state index is 0.0254. The van der Waals surface area contributed by atoms with E-state index >= 15 is 0 Å². The van der Waals surface area contributed by atoms with E-state index in [-0.39, 0.29) is 17.5 Å². The van der Waals surface area contributed by atoms with E-state index in [1.807, 2.05) is 0 Å². The molecule has 2 aromatic rings. The molecule has 0 spiro atoms. The van der Waals surface area contributed by atoms with Crippen LogP contribution in [0.4, 0.5) is 11.4 Å². The predicted molar refractivity (Wildman–Crippen MR) is 93.9 cm³/mol. The van der Waals surface area contributed by atoms with Gasteiger partial charge in [-0.2, -0.15) is 5.10 Å². The molecule has 9 heteroatoms. The zero-order chi connectivity index (χ0) is 18.2. The van der Waals surface area contributed by atoms with Gasteiger partial charge < -0.3 is 5.32 Å². The second-order valence-electron chi connectivity index (χ2n) is 4.81. The van der Waals surface area contributed by atoms with Crippen LogP contribution in [0, 0.1) is 10.1 Å². The number of hydrogen-bond donors (Lipinski definition) is 2. The topological polar surface area (TPSA) is 114 Å². The van der Waals surface area contributed by atoms with Crippen LogP contribution >= 0.6 is 11.6 Å². The summed E-state index contributed by atoms with van der Waals surface area (Å²) >= 11 is 5.39. The highest BCUT2D eigenvalue weighted by atomic mass is 35.5. The summed E-state index contributed by atoms with van der Waals surface area (Å²) in [6.07, 6.45) is 1.37. The van der Waals surface area contributed by atoms with Gasteiger partial charge in [-0.15, -0.1) is 11.6 Å². The number of rotatable bonds is 6. The Kier molecular flexibility index (Phi) is 6.19. The number of hydrogen-bond acceptors (Lipinski definition) is 5. The number of nitrogens with one attached hydrogen (secondary N) is 2. The maximum absolute atomic E-state index is 11.9. The molecule has 2 rings (SSSR count). The van der Waals surface area contributed by atoms with Gasteiger partial charge in [-0.3, -0.25) is 19.7 Å². The highest BCUT2D eigenvalue weighted by Gasteiger charge is 2.06. The summed E-state index contributed by atoms with van der Waals surface area (Å²) in [6.45, 7) is 0. The van der Waals surface area contributed by atoms with E-state index in [1.165, 1.54) is 42.6 Å². The molecule has 0 atom stereocenters. The molecule has 128 valence electrons. The molecule has 0 aliphatic carbocycles. The van der Waals surface area contributed by atoms with Crippen molar-refractivity contribution in [2.75, 3.05) is 11.2 Å². The summed E-state index contributed by atoms with van der Waals surface area (Å²) in [7, 11) is 0. The van der Waals surface area contributed by atoms with Crippen molar-refractivity contribution < 1.29 is 14.5 Å². The molecule has 2 N–H and O–H groups in total. The molecule has 25 heavy (non-hydrogen) atoms. The molecular formula is C16H13ClN4O4. The first-order valence-corrected chi connectivity index (χ1v) is 7.57. The van der Waals surface area contributed by atoms with Crippen molar-refractivity contribution in [2.45, 2.75) is 0 Å². The van der Waals surface area contributed by atoms with Crippen LogP contribution < -0.4 is 10.7 Å². The van der Waals surface area contributed by atoms with Crippen LogP contribution in [0.15, 0.2) is 53.6 Å². The summed E-state index contributed by atoms with van der Waals surface area (Å²) < 4.78 is 0. The van der Waals surface area contributed by atoms with Crippen LogP contribution in [-0.2, 0) is 4.79 Å². The van der Waals surface area contributed by atoms with Gasteiger partial charge in [0.1, 0.15) is 5.88 Å². The second-order valence-corrected chi connectivity index (χ2v) is 5.07. The number of nitro groups is 1.